The zero-order valence-electron chi connectivity index (χ0n) is 25.7. The van der Waals surface area contributed by atoms with Crippen LogP contribution < -0.4 is 4.74 Å². The Labute approximate surface area is 242 Å². The van der Waals surface area contributed by atoms with Crippen molar-refractivity contribution in [3.05, 3.63) is 54.6 Å². The predicted molar refractivity (Wildman–Crippen MR) is 163 cm³/mol. The minimum atomic E-state index is -4.44. The van der Waals surface area contributed by atoms with Crippen molar-refractivity contribution in [3.8, 4) is 5.75 Å². The van der Waals surface area contributed by atoms with Gasteiger partial charge in [-0.25, -0.2) is 0 Å². The first-order chi connectivity index (χ1) is 18.5. The molecule has 5 atom stereocenters. The van der Waals surface area contributed by atoms with Crippen LogP contribution >= 0.6 is 0 Å². The number of hydrogen-bond acceptors (Lipinski definition) is 4. The average molecular weight is 601 g/mol. The van der Waals surface area contributed by atoms with Crippen LogP contribution in [0.1, 0.15) is 59.9 Å². The van der Waals surface area contributed by atoms with Gasteiger partial charge in [-0.05, 0) is 73.2 Å². The molecular weight excluding hydrogens is 550 g/mol. The standard InChI is InChI=1S/C31H51F3O4Si2/c1-10-15-26-27(29(21-28(26)35)38-39(8,9)30(5,6)7)19-18-25(37-40(11-2,12-3)13-4)22-36-24-17-14-16-23(20-24)31(32,33)34/h10,14,16-20,25-29,35H,1,11-13,15,21-22H2,2-9H3/b19-18+/t25?,26-,27-,28+,29?/m1/s1. The molecule has 9 heteroatoms. The number of benzene rings is 1. The molecule has 1 saturated carbocycles. The molecule has 0 saturated heterocycles. The van der Waals surface area contributed by atoms with Crippen LogP contribution in [0.25, 0.3) is 0 Å². The van der Waals surface area contributed by atoms with E-state index in [1.54, 1.807) is 0 Å². The zero-order chi connectivity index (χ0) is 30.4. The summed E-state index contributed by atoms with van der Waals surface area (Å²) in [4.78, 5) is 0. The molecule has 1 aromatic carbocycles. The Morgan fingerprint density at radius 3 is 2.25 bits per heavy atom. The van der Waals surface area contributed by atoms with Crippen LogP contribution in [0.4, 0.5) is 13.2 Å². The Morgan fingerprint density at radius 1 is 1.10 bits per heavy atom. The normalized spacial score (nSPS) is 23.5. The van der Waals surface area contributed by atoms with Crippen LogP contribution in [0.5, 0.6) is 5.75 Å². The van der Waals surface area contributed by atoms with Crippen LogP contribution in [0, 0.1) is 11.8 Å². The molecule has 0 spiro atoms. The molecule has 0 aromatic heterocycles. The molecule has 1 aliphatic carbocycles. The van der Waals surface area contributed by atoms with Crippen LogP contribution in [0.2, 0.25) is 36.3 Å². The minimum absolute atomic E-state index is 0.0286. The number of aliphatic hydroxyl groups is 1. The van der Waals surface area contributed by atoms with Gasteiger partial charge >= 0.3 is 6.18 Å². The first kappa shape index (κ1) is 34.8. The van der Waals surface area contributed by atoms with E-state index < -0.39 is 40.6 Å². The number of aliphatic hydroxyl groups excluding tert-OH is 1. The highest BCUT2D eigenvalue weighted by Gasteiger charge is 2.47. The van der Waals surface area contributed by atoms with E-state index >= 15 is 0 Å². The lowest BCUT2D eigenvalue weighted by Gasteiger charge is -2.40. The van der Waals surface area contributed by atoms with Gasteiger partial charge in [-0.2, -0.15) is 13.2 Å². The predicted octanol–water partition coefficient (Wildman–Crippen LogP) is 8.99. The Balaban J connectivity index is 2.38. The molecule has 1 N–H and O–H groups in total. The second-order valence-corrected chi connectivity index (χ2v) is 22.1. The summed E-state index contributed by atoms with van der Waals surface area (Å²) in [7, 11) is -4.16. The zero-order valence-corrected chi connectivity index (χ0v) is 27.7. The largest absolute Gasteiger partial charge is 0.491 e. The van der Waals surface area contributed by atoms with Crippen LogP contribution in [-0.2, 0) is 15.0 Å². The second-order valence-electron chi connectivity index (χ2n) is 12.6. The lowest BCUT2D eigenvalue weighted by atomic mass is 9.90. The highest BCUT2D eigenvalue weighted by atomic mass is 28.4. The smallest absolute Gasteiger partial charge is 0.416 e. The van der Waals surface area contributed by atoms with E-state index in [9.17, 15) is 18.3 Å². The average Bonchev–Trinajstić information content (AvgIpc) is 3.16. The van der Waals surface area contributed by atoms with Crippen molar-refractivity contribution < 1.29 is 31.9 Å². The minimum Gasteiger partial charge on any atom is -0.491 e. The van der Waals surface area contributed by atoms with Crippen molar-refractivity contribution in [1.82, 2.24) is 0 Å². The number of halogens is 3. The van der Waals surface area contributed by atoms with E-state index in [2.05, 4.69) is 67.3 Å². The second kappa shape index (κ2) is 14.2. The maximum atomic E-state index is 13.3. The summed E-state index contributed by atoms with van der Waals surface area (Å²) in [6, 6.07) is 7.77. The molecule has 0 aliphatic heterocycles. The highest BCUT2D eigenvalue weighted by molar-refractivity contribution is 6.74. The molecule has 1 aliphatic rings. The van der Waals surface area contributed by atoms with E-state index in [0.29, 0.717) is 12.8 Å². The van der Waals surface area contributed by atoms with E-state index in [4.69, 9.17) is 13.6 Å². The third-order valence-electron chi connectivity index (χ3n) is 9.04. The topological polar surface area (TPSA) is 47.9 Å². The van der Waals surface area contributed by atoms with Crippen molar-refractivity contribution in [3.63, 3.8) is 0 Å². The monoisotopic (exact) mass is 600 g/mol. The molecule has 2 unspecified atom stereocenters. The third-order valence-corrected chi connectivity index (χ3v) is 18.2. The lowest BCUT2D eigenvalue weighted by Crippen LogP contribution is -2.45. The summed E-state index contributed by atoms with van der Waals surface area (Å²) >= 11 is 0. The molecule has 0 amide bonds. The maximum Gasteiger partial charge on any atom is 0.416 e. The molecule has 0 heterocycles. The SMILES string of the molecule is C=CC[C@H]1[C@@H](O)CC(O[Si](C)(C)C(C)(C)C)[C@@H]1/C=C/C(COc1cccc(C(F)(F)F)c1)O[Si](CC)(CC)CC. The molecule has 2 rings (SSSR count). The van der Waals surface area contributed by atoms with Gasteiger partial charge in [-0.3, -0.25) is 0 Å². The summed E-state index contributed by atoms with van der Waals surface area (Å²) in [6.45, 7) is 21.5. The van der Waals surface area contributed by atoms with Gasteiger partial charge in [0.05, 0.1) is 23.9 Å². The Hall–Kier alpha value is -1.40. The fourth-order valence-corrected chi connectivity index (χ4v) is 9.35. The van der Waals surface area contributed by atoms with Crippen molar-refractivity contribution >= 4 is 16.6 Å². The summed E-state index contributed by atoms with van der Waals surface area (Å²) < 4.78 is 59.3. The summed E-state index contributed by atoms with van der Waals surface area (Å²) in [5, 5.41) is 11.0. The van der Waals surface area contributed by atoms with Crippen LogP contribution in [-0.4, -0.2) is 46.7 Å². The molecule has 228 valence electrons. The van der Waals surface area contributed by atoms with E-state index in [1.165, 1.54) is 12.1 Å². The number of ether oxygens (including phenoxy) is 1. The Morgan fingerprint density at radius 2 is 1.73 bits per heavy atom. The number of hydrogen-bond donors (Lipinski definition) is 1. The van der Waals surface area contributed by atoms with Crippen molar-refractivity contribution in [2.75, 3.05) is 6.61 Å². The molecule has 1 fully saturated rings. The number of rotatable bonds is 14. The van der Waals surface area contributed by atoms with E-state index in [1.807, 2.05) is 12.2 Å². The highest BCUT2D eigenvalue weighted by Crippen LogP contribution is 2.44. The molecule has 4 nitrogen and oxygen atoms in total. The molecular formula is C31H51F3O4Si2. The van der Waals surface area contributed by atoms with E-state index in [-0.39, 0.29) is 35.3 Å². The summed E-state index contributed by atoms with van der Waals surface area (Å²) in [5.41, 5.74) is -0.741. The van der Waals surface area contributed by atoms with Crippen molar-refractivity contribution in [1.29, 1.82) is 0 Å². The summed E-state index contributed by atoms with van der Waals surface area (Å²) in [6.07, 6.45) is 1.66. The molecule has 0 radical (unpaired) electrons. The first-order valence-corrected chi connectivity index (χ1v) is 20.1. The van der Waals surface area contributed by atoms with Crippen LogP contribution in [0.15, 0.2) is 49.1 Å². The van der Waals surface area contributed by atoms with Gasteiger partial charge in [0.2, 0.25) is 0 Å². The van der Waals surface area contributed by atoms with Gasteiger partial charge in [-0.15, -0.1) is 6.58 Å². The van der Waals surface area contributed by atoms with Gasteiger partial charge in [0.1, 0.15) is 12.4 Å². The first-order valence-electron chi connectivity index (χ1n) is 14.7. The lowest BCUT2D eigenvalue weighted by molar-refractivity contribution is -0.137. The molecule has 0 bridgehead atoms. The fraction of sp³-hybridized carbons (Fsp3) is 0.677. The molecule has 1 aromatic rings. The number of alkyl halides is 3. The third kappa shape index (κ3) is 9.05. The van der Waals surface area contributed by atoms with Crippen molar-refractivity contribution in [2.24, 2.45) is 11.8 Å². The van der Waals surface area contributed by atoms with Gasteiger partial charge in [-0.1, -0.05) is 65.8 Å². The Bertz CT molecular complexity index is 962. The number of allylic oxidation sites excluding steroid dienone is 1. The maximum absolute atomic E-state index is 13.3. The summed E-state index contributed by atoms with van der Waals surface area (Å²) in [5.74, 6) is 0.0929. The van der Waals surface area contributed by atoms with Crippen LogP contribution in [0.3, 0.4) is 0 Å². The van der Waals surface area contributed by atoms with Gasteiger partial charge in [0.25, 0.3) is 0 Å². The van der Waals surface area contributed by atoms with Gasteiger partial charge in [0.15, 0.2) is 16.6 Å². The Kier molecular flexibility index (Phi) is 12.3. The van der Waals surface area contributed by atoms with E-state index in [0.717, 1.165) is 30.3 Å². The van der Waals surface area contributed by atoms with Gasteiger partial charge in [0, 0.05) is 5.92 Å². The molecule has 40 heavy (non-hydrogen) atoms. The van der Waals surface area contributed by atoms with Gasteiger partial charge < -0.3 is 18.7 Å². The fourth-order valence-electron chi connectivity index (χ4n) is 5.20. The van der Waals surface area contributed by atoms with Crippen molar-refractivity contribution in [2.45, 2.75) is 115 Å². The quantitative estimate of drug-likeness (QED) is 0.171.